The Morgan fingerprint density at radius 1 is 1.33 bits per heavy atom. The molecule has 55 valence electrons. The summed E-state index contributed by atoms with van der Waals surface area (Å²) in [4.78, 5) is 0.557. The standard InChI is InChI=1S/C6H10Br3/c1-2-5(3-7)6(9)4-8/h2,5-6H,3-4H2,1H3. The van der Waals surface area contributed by atoms with Crippen LogP contribution in [0, 0.1) is 12.3 Å². The minimum atomic E-state index is 0.557. The average Bonchev–Trinajstić information content (AvgIpc) is 1.90. The van der Waals surface area contributed by atoms with Crippen LogP contribution >= 0.6 is 47.8 Å². The predicted molar refractivity (Wildman–Crippen MR) is 53.8 cm³/mol. The topological polar surface area (TPSA) is 0 Å². The van der Waals surface area contributed by atoms with Gasteiger partial charge in [-0.25, -0.2) is 0 Å². The molecule has 0 amide bonds. The number of rotatable bonds is 4. The molecular formula is C6H10Br3. The minimum absolute atomic E-state index is 0.557. The third kappa shape index (κ3) is 3.99. The molecule has 0 bridgehead atoms. The van der Waals surface area contributed by atoms with Crippen molar-refractivity contribution in [3.63, 3.8) is 0 Å². The van der Waals surface area contributed by atoms with Crippen LogP contribution in [0.4, 0.5) is 0 Å². The first kappa shape index (κ1) is 10.4. The summed E-state index contributed by atoms with van der Waals surface area (Å²) in [6.45, 7) is 2.09. The van der Waals surface area contributed by atoms with Gasteiger partial charge < -0.3 is 0 Å². The molecule has 0 aliphatic heterocycles. The molecule has 2 unspecified atom stereocenters. The van der Waals surface area contributed by atoms with Gasteiger partial charge in [-0.2, -0.15) is 0 Å². The highest BCUT2D eigenvalue weighted by Crippen LogP contribution is 2.19. The lowest BCUT2D eigenvalue weighted by Gasteiger charge is -2.14. The van der Waals surface area contributed by atoms with Crippen LogP contribution in [0.3, 0.4) is 0 Å². The Morgan fingerprint density at radius 3 is 2.00 bits per heavy atom. The van der Waals surface area contributed by atoms with E-state index in [0.29, 0.717) is 10.7 Å². The largest absolute Gasteiger partial charge is 0.0925 e. The Balaban J connectivity index is 3.50. The molecule has 1 radical (unpaired) electrons. The van der Waals surface area contributed by atoms with Crippen molar-refractivity contribution in [2.24, 2.45) is 5.92 Å². The third-order valence-electron chi connectivity index (χ3n) is 1.22. The second kappa shape index (κ2) is 6.17. The molecular weight excluding hydrogens is 312 g/mol. The van der Waals surface area contributed by atoms with Crippen molar-refractivity contribution in [2.75, 3.05) is 10.7 Å². The van der Waals surface area contributed by atoms with Crippen LogP contribution in [0.25, 0.3) is 0 Å². The molecule has 0 aliphatic carbocycles. The molecule has 0 N–H and O–H groups in total. The maximum atomic E-state index is 3.56. The van der Waals surface area contributed by atoms with Gasteiger partial charge in [0.15, 0.2) is 0 Å². The van der Waals surface area contributed by atoms with E-state index in [2.05, 4.69) is 61.1 Å². The van der Waals surface area contributed by atoms with Gasteiger partial charge in [-0.1, -0.05) is 54.7 Å². The van der Waals surface area contributed by atoms with Crippen LogP contribution in [0.2, 0.25) is 0 Å². The first-order chi connectivity index (χ1) is 4.26. The fraction of sp³-hybridized carbons (Fsp3) is 0.833. The summed E-state index contributed by atoms with van der Waals surface area (Å²) >= 11 is 10.4. The lowest BCUT2D eigenvalue weighted by molar-refractivity contribution is 0.698. The van der Waals surface area contributed by atoms with Crippen LogP contribution in [-0.2, 0) is 0 Å². The Hall–Kier alpha value is 1.44. The summed E-state index contributed by atoms with van der Waals surface area (Å²) in [5.74, 6) is 0.629. The van der Waals surface area contributed by atoms with Crippen molar-refractivity contribution in [1.29, 1.82) is 0 Å². The van der Waals surface area contributed by atoms with E-state index >= 15 is 0 Å². The number of halogens is 3. The lowest BCUT2D eigenvalue weighted by Crippen LogP contribution is -2.16. The molecule has 0 rings (SSSR count). The highest BCUT2D eigenvalue weighted by atomic mass is 79.9. The summed E-state index contributed by atoms with van der Waals surface area (Å²) in [5, 5.41) is 2.04. The molecule has 9 heavy (non-hydrogen) atoms. The summed E-state index contributed by atoms with van der Waals surface area (Å²) in [6.07, 6.45) is 2.20. The van der Waals surface area contributed by atoms with Gasteiger partial charge >= 0.3 is 0 Å². The monoisotopic (exact) mass is 319 g/mol. The van der Waals surface area contributed by atoms with Crippen LogP contribution in [0.15, 0.2) is 0 Å². The Kier molecular flexibility index (Phi) is 7.16. The van der Waals surface area contributed by atoms with Gasteiger partial charge in [0.25, 0.3) is 0 Å². The summed E-state index contributed by atoms with van der Waals surface area (Å²) < 4.78 is 0. The quantitative estimate of drug-likeness (QED) is 0.696. The van der Waals surface area contributed by atoms with Gasteiger partial charge in [-0.15, -0.1) is 0 Å². The van der Waals surface area contributed by atoms with E-state index in [1.165, 1.54) is 0 Å². The number of alkyl halides is 3. The van der Waals surface area contributed by atoms with Crippen LogP contribution in [0.5, 0.6) is 0 Å². The number of hydrogen-bond donors (Lipinski definition) is 0. The normalized spacial score (nSPS) is 17.3. The van der Waals surface area contributed by atoms with Gasteiger partial charge in [0.2, 0.25) is 0 Å². The average molecular weight is 322 g/mol. The van der Waals surface area contributed by atoms with E-state index in [1.807, 2.05) is 0 Å². The van der Waals surface area contributed by atoms with E-state index in [1.54, 1.807) is 0 Å². The van der Waals surface area contributed by atoms with Crippen molar-refractivity contribution in [3.05, 3.63) is 6.42 Å². The van der Waals surface area contributed by atoms with Crippen LogP contribution in [-0.4, -0.2) is 15.5 Å². The maximum absolute atomic E-state index is 3.56. The maximum Gasteiger partial charge on any atom is 0.0281 e. The van der Waals surface area contributed by atoms with E-state index in [0.717, 1.165) is 10.7 Å². The molecule has 0 heterocycles. The molecule has 3 heteroatoms. The fourth-order valence-corrected chi connectivity index (χ4v) is 2.81. The van der Waals surface area contributed by atoms with Crippen molar-refractivity contribution < 1.29 is 0 Å². The van der Waals surface area contributed by atoms with E-state index in [4.69, 9.17) is 0 Å². The zero-order chi connectivity index (χ0) is 7.28. The molecule has 0 fully saturated rings. The molecule has 0 saturated heterocycles. The Labute approximate surface area is 82.2 Å². The predicted octanol–water partition coefficient (Wildman–Crippen LogP) is 3.38. The summed E-state index contributed by atoms with van der Waals surface area (Å²) in [6, 6.07) is 0. The Bertz CT molecular complexity index is 61.3. The van der Waals surface area contributed by atoms with E-state index < -0.39 is 0 Å². The van der Waals surface area contributed by atoms with Gasteiger partial charge in [-0.05, 0) is 12.3 Å². The second-order valence-corrected chi connectivity index (χ2v) is 4.29. The van der Waals surface area contributed by atoms with Crippen molar-refractivity contribution in [1.82, 2.24) is 0 Å². The smallest absolute Gasteiger partial charge is 0.0281 e. The van der Waals surface area contributed by atoms with Crippen molar-refractivity contribution in [2.45, 2.75) is 11.8 Å². The second-order valence-electron chi connectivity index (χ2n) is 1.82. The van der Waals surface area contributed by atoms with E-state index in [9.17, 15) is 0 Å². The fourth-order valence-electron chi connectivity index (χ4n) is 0.509. The van der Waals surface area contributed by atoms with Crippen molar-refractivity contribution >= 4 is 47.8 Å². The van der Waals surface area contributed by atoms with Gasteiger partial charge in [-0.3, -0.25) is 0 Å². The Morgan fingerprint density at radius 2 is 1.89 bits per heavy atom. The highest BCUT2D eigenvalue weighted by Gasteiger charge is 2.13. The van der Waals surface area contributed by atoms with E-state index in [-0.39, 0.29) is 0 Å². The first-order valence-corrected chi connectivity index (χ1v) is 5.97. The van der Waals surface area contributed by atoms with Gasteiger partial charge in [0.05, 0.1) is 0 Å². The minimum Gasteiger partial charge on any atom is -0.0925 e. The zero-order valence-corrected chi connectivity index (χ0v) is 10.0. The van der Waals surface area contributed by atoms with Gasteiger partial charge in [0, 0.05) is 15.5 Å². The molecule has 2 atom stereocenters. The summed E-state index contributed by atoms with van der Waals surface area (Å²) in [7, 11) is 0. The molecule has 0 aromatic rings. The third-order valence-corrected chi connectivity index (χ3v) is 4.54. The first-order valence-electron chi connectivity index (χ1n) is 2.81. The lowest BCUT2D eigenvalue weighted by atomic mass is 10.1. The van der Waals surface area contributed by atoms with Gasteiger partial charge in [0.1, 0.15) is 0 Å². The van der Waals surface area contributed by atoms with Crippen molar-refractivity contribution in [3.8, 4) is 0 Å². The molecule has 0 aliphatic rings. The molecule has 0 aromatic carbocycles. The zero-order valence-electron chi connectivity index (χ0n) is 5.28. The SMILES string of the molecule is C[CH]C(CBr)C(Br)CBr. The molecule has 0 spiro atoms. The molecule has 0 aromatic heterocycles. The number of hydrogen-bond acceptors (Lipinski definition) is 0. The van der Waals surface area contributed by atoms with Crippen LogP contribution < -0.4 is 0 Å². The van der Waals surface area contributed by atoms with Crippen LogP contribution in [0.1, 0.15) is 6.92 Å². The summed E-state index contributed by atoms with van der Waals surface area (Å²) in [5.41, 5.74) is 0. The molecule has 0 nitrogen and oxygen atoms in total. The molecule has 0 saturated carbocycles. The highest BCUT2D eigenvalue weighted by molar-refractivity contribution is 9.12.